The van der Waals surface area contributed by atoms with Crippen LogP contribution >= 0.6 is 0 Å². The second kappa shape index (κ2) is 8.47. The Kier molecular flexibility index (Phi) is 6.06. The van der Waals surface area contributed by atoms with Crippen LogP contribution in [-0.2, 0) is 11.3 Å². The van der Waals surface area contributed by atoms with E-state index in [1.807, 2.05) is 4.90 Å². The molecule has 1 heterocycles. The van der Waals surface area contributed by atoms with Gasteiger partial charge in [-0.25, -0.2) is 8.78 Å². The predicted molar refractivity (Wildman–Crippen MR) is 96.6 cm³/mol. The van der Waals surface area contributed by atoms with Crippen molar-refractivity contribution < 1.29 is 13.6 Å². The third-order valence-corrected chi connectivity index (χ3v) is 5.22. The molecule has 1 aliphatic heterocycles. The monoisotopic (exact) mass is 364 g/mol. The summed E-state index contributed by atoms with van der Waals surface area (Å²) in [4.78, 5) is 18.6. The number of guanidine groups is 1. The van der Waals surface area contributed by atoms with Gasteiger partial charge in [0.05, 0.1) is 0 Å². The average molecular weight is 364 g/mol. The van der Waals surface area contributed by atoms with Crippen LogP contribution in [0.15, 0.2) is 23.2 Å². The Labute approximate surface area is 152 Å². The average Bonchev–Trinajstić information content (AvgIpc) is 3.32. The maximum atomic E-state index is 13.7. The van der Waals surface area contributed by atoms with E-state index in [9.17, 15) is 13.6 Å². The van der Waals surface area contributed by atoms with Crippen molar-refractivity contribution in [2.75, 3.05) is 20.1 Å². The van der Waals surface area contributed by atoms with E-state index in [1.54, 1.807) is 7.05 Å². The van der Waals surface area contributed by atoms with Crippen molar-refractivity contribution >= 4 is 11.9 Å². The number of rotatable bonds is 4. The van der Waals surface area contributed by atoms with Crippen molar-refractivity contribution in [3.8, 4) is 0 Å². The van der Waals surface area contributed by atoms with Crippen molar-refractivity contribution in [1.82, 2.24) is 15.5 Å². The molecule has 142 valence electrons. The Morgan fingerprint density at radius 2 is 2.04 bits per heavy atom. The van der Waals surface area contributed by atoms with Crippen molar-refractivity contribution in [3.05, 3.63) is 35.4 Å². The number of carbonyl (C=O) groups is 1. The fraction of sp³-hybridized carbons (Fsp3) is 0.579. The Morgan fingerprint density at radius 1 is 1.27 bits per heavy atom. The third kappa shape index (κ3) is 4.51. The number of likely N-dealkylation sites (tertiary alicyclic amines) is 1. The fourth-order valence-corrected chi connectivity index (χ4v) is 3.75. The molecule has 0 spiro atoms. The van der Waals surface area contributed by atoms with E-state index >= 15 is 0 Å². The molecule has 1 aromatic rings. The molecule has 1 saturated heterocycles. The van der Waals surface area contributed by atoms with Crippen LogP contribution in [0.3, 0.4) is 0 Å². The molecule has 1 aliphatic carbocycles. The van der Waals surface area contributed by atoms with Crippen LogP contribution in [0, 0.1) is 17.6 Å². The molecule has 0 bridgehead atoms. The Hall–Kier alpha value is -2.18. The molecule has 1 unspecified atom stereocenters. The minimum Gasteiger partial charge on any atom is -0.352 e. The van der Waals surface area contributed by atoms with Crippen LogP contribution in [0.5, 0.6) is 0 Å². The molecule has 2 N–H and O–H groups in total. The van der Waals surface area contributed by atoms with Crippen LogP contribution in [-0.4, -0.2) is 42.9 Å². The lowest BCUT2D eigenvalue weighted by atomic mass is 10.1. The molecule has 0 aromatic heterocycles. The van der Waals surface area contributed by atoms with E-state index in [2.05, 4.69) is 15.6 Å². The Balaban J connectivity index is 1.49. The van der Waals surface area contributed by atoms with Crippen molar-refractivity contribution in [1.29, 1.82) is 0 Å². The lowest BCUT2D eigenvalue weighted by Gasteiger charge is -2.21. The number of nitrogens with one attached hydrogen (secondary N) is 2. The molecule has 0 radical (unpaired) electrons. The Morgan fingerprint density at radius 3 is 2.77 bits per heavy atom. The highest BCUT2D eigenvalue weighted by Gasteiger charge is 2.32. The van der Waals surface area contributed by atoms with Gasteiger partial charge in [-0.3, -0.25) is 9.79 Å². The summed E-state index contributed by atoms with van der Waals surface area (Å²) in [5.41, 5.74) is 0.248. The molecular formula is C19H26F2N4O. The predicted octanol–water partition coefficient (Wildman–Crippen LogP) is 2.42. The van der Waals surface area contributed by atoms with E-state index in [0.717, 1.165) is 50.8 Å². The van der Waals surface area contributed by atoms with E-state index in [0.29, 0.717) is 12.5 Å². The van der Waals surface area contributed by atoms with Gasteiger partial charge in [0.15, 0.2) is 5.96 Å². The molecule has 1 saturated carbocycles. The molecule has 26 heavy (non-hydrogen) atoms. The second-order valence-corrected chi connectivity index (χ2v) is 7.06. The van der Waals surface area contributed by atoms with Crippen LogP contribution in [0.2, 0.25) is 0 Å². The van der Waals surface area contributed by atoms with Gasteiger partial charge >= 0.3 is 0 Å². The van der Waals surface area contributed by atoms with Gasteiger partial charge in [0.1, 0.15) is 11.6 Å². The normalized spacial score (nSPS) is 21.3. The summed E-state index contributed by atoms with van der Waals surface area (Å²) in [7, 11) is 1.63. The van der Waals surface area contributed by atoms with E-state index in [4.69, 9.17) is 0 Å². The van der Waals surface area contributed by atoms with Crippen LogP contribution in [0.25, 0.3) is 0 Å². The molecule has 1 aromatic carbocycles. The number of nitrogens with zero attached hydrogens (tertiary/aromatic N) is 2. The third-order valence-electron chi connectivity index (χ3n) is 5.22. The molecule has 2 aliphatic rings. The minimum absolute atomic E-state index is 0.115. The van der Waals surface area contributed by atoms with Gasteiger partial charge in [-0.2, -0.15) is 0 Å². The molecule has 5 nitrogen and oxygen atoms in total. The molecule has 3 rings (SSSR count). The first kappa shape index (κ1) is 18.6. The summed E-state index contributed by atoms with van der Waals surface area (Å²) in [6, 6.07) is 3.50. The van der Waals surface area contributed by atoms with Crippen molar-refractivity contribution in [3.63, 3.8) is 0 Å². The fourth-order valence-electron chi connectivity index (χ4n) is 3.75. The summed E-state index contributed by atoms with van der Waals surface area (Å²) >= 11 is 0. The number of halogens is 2. The number of benzene rings is 1. The lowest BCUT2D eigenvalue weighted by Crippen LogP contribution is -2.45. The van der Waals surface area contributed by atoms with Crippen LogP contribution in [0.1, 0.15) is 37.7 Å². The highest BCUT2D eigenvalue weighted by molar-refractivity contribution is 5.81. The largest absolute Gasteiger partial charge is 0.352 e. The van der Waals surface area contributed by atoms with Gasteiger partial charge in [-0.05, 0) is 37.5 Å². The lowest BCUT2D eigenvalue weighted by molar-refractivity contribution is -0.134. The zero-order valence-corrected chi connectivity index (χ0v) is 15.1. The number of amides is 1. The quantitative estimate of drug-likeness (QED) is 0.637. The molecule has 1 atom stereocenters. The molecule has 1 amide bonds. The van der Waals surface area contributed by atoms with Gasteiger partial charge in [0.2, 0.25) is 5.91 Å². The van der Waals surface area contributed by atoms with E-state index < -0.39 is 11.6 Å². The Bertz CT molecular complexity index is 674. The molecule has 7 heteroatoms. The highest BCUT2D eigenvalue weighted by Crippen LogP contribution is 2.27. The summed E-state index contributed by atoms with van der Waals surface area (Å²) in [6.45, 7) is 1.55. The van der Waals surface area contributed by atoms with Crippen LogP contribution in [0.4, 0.5) is 8.78 Å². The standard InChI is InChI=1S/C19H26F2N4O/c1-22-19(23-11-14-10-15(20)6-7-17(14)21)24-16-8-9-25(12-16)18(26)13-4-2-3-5-13/h6-7,10,13,16H,2-5,8-9,11-12H2,1H3,(H2,22,23,24). The van der Waals surface area contributed by atoms with Crippen molar-refractivity contribution in [2.45, 2.75) is 44.7 Å². The van der Waals surface area contributed by atoms with Gasteiger partial charge in [-0.15, -0.1) is 0 Å². The maximum Gasteiger partial charge on any atom is 0.225 e. The molecule has 2 fully saturated rings. The summed E-state index contributed by atoms with van der Waals surface area (Å²) < 4.78 is 27.0. The van der Waals surface area contributed by atoms with Crippen LogP contribution < -0.4 is 10.6 Å². The summed E-state index contributed by atoms with van der Waals surface area (Å²) in [5, 5.41) is 6.28. The second-order valence-electron chi connectivity index (χ2n) is 7.06. The first-order valence-corrected chi connectivity index (χ1v) is 9.26. The number of carbonyl (C=O) groups excluding carboxylic acids is 1. The number of aliphatic imine (C=N–C) groups is 1. The zero-order valence-electron chi connectivity index (χ0n) is 15.1. The highest BCUT2D eigenvalue weighted by atomic mass is 19.1. The zero-order chi connectivity index (χ0) is 18.5. The molecular weight excluding hydrogens is 338 g/mol. The number of hydrogen-bond acceptors (Lipinski definition) is 2. The van der Waals surface area contributed by atoms with Gasteiger partial charge in [0.25, 0.3) is 0 Å². The summed E-state index contributed by atoms with van der Waals surface area (Å²) in [5.74, 6) is 0.0686. The van der Waals surface area contributed by atoms with E-state index in [-0.39, 0.29) is 30.0 Å². The minimum atomic E-state index is -0.469. The smallest absolute Gasteiger partial charge is 0.225 e. The topological polar surface area (TPSA) is 56.7 Å². The van der Waals surface area contributed by atoms with Crippen molar-refractivity contribution in [2.24, 2.45) is 10.9 Å². The van der Waals surface area contributed by atoms with Gasteiger partial charge < -0.3 is 15.5 Å². The maximum absolute atomic E-state index is 13.7. The van der Waals surface area contributed by atoms with Gasteiger partial charge in [0, 0.05) is 44.2 Å². The first-order valence-electron chi connectivity index (χ1n) is 9.26. The number of hydrogen-bond donors (Lipinski definition) is 2. The summed E-state index contributed by atoms with van der Waals surface area (Å²) in [6.07, 6.45) is 5.18. The first-order chi connectivity index (χ1) is 12.6. The van der Waals surface area contributed by atoms with Gasteiger partial charge in [-0.1, -0.05) is 12.8 Å². The van der Waals surface area contributed by atoms with E-state index in [1.165, 1.54) is 6.07 Å². The SMILES string of the molecule is CN=C(NCc1cc(F)ccc1F)NC1CCN(C(=O)C2CCCC2)C1.